The molecule has 0 radical (unpaired) electrons. The van der Waals surface area contributed by atoms with Crippen LogP contribution in [0.1, 0.15) is 64.2 Å². The summed E-state index contributed by atoms with van der Waals surface area (Å²) in [5.74, 6) is -2.36. The molecule has 9 heteroatoms. The van der Waals surface area contributed by atoms with Crippen LogP contribution in [0.3, 0.4) is 0 Å². The monoisotopic (exact) mass is 495 g/mol. The summed E-state index contributed by atoms with van der Waals surface area (Å²) in [5, 5.41) is 11.6. The Bertz CT molecular complexity index is 1040. The van der Waals surface area contributed by atoms with Gasteiger partial charge in [-0.25, -0.2) is 9.37 Å². The molecule has 3 rings (SSSR count). The molecule has 0 bridgehead atoms. The molecule has 0 spiro atoms. The van der Waals surface area contributed by atoms with Crippen molar-refractivity contribution in [1.82, 2.24) is 4.98 Å². The quantitative estimate of drug-likeness (QED) is 0.405. The molecule has 1 unspecified atom stereocenters. The molecular formula is C25H35FNO6P. The zero-order valence-corrected chi connectivity index (χ0v) is 21.8. The maximum absolute atomic E-state index is 14.0. The van der Waals surface area contributed by atoms with Crippen molar-refractivity contribution in [1.29, 1.82) is 0 Å². The van der Waals surface area contributed by atoms with Gasteiger partial charge in [0.25, 0.3) is 0 Å². The van der Waals surface area contributed by atoms with Crippen molar-refractivity contribution in [2.24, 2.45) is 11.8 Å². The van der Waals surface area contributed by atoms with Gasteiger partial charge in [0.15, 0.2) is 5.85 Å². The van der Waals surface area contributed by atoms with Crippen LogP contribution in [-0.2, 0) is 25.0 Å². The highest BCUT2D eigenvalue weighted by atomic mass is 31.2. The highest BCUT2D eigenvalue weighted by Crippen LogP contribution is 2.62. The SMILES string of the molecule is Cc1nc(-c2ccc(F)cc2)c(C(O)P(=O)(OCC(C)C)OCC(C)C)c2c1OC(C)(C)OC2. The number of aryl methyl sites for hydroxylation is 1. The van der Waals surface area contributed by atoms with Crippen LogP contribution < -0.4 is 4.74 Å². The van der Waals surface area contributed by atoms with E-state index in [9.17, 15) is 14.1 Å². The van der Waals surface area contributed by atoms with Gasteiger partial charge in [0.2, 0.25) is 5.79 Å². The van der Waals surface area contributed by atoms with Crippen molar-refractivity contribution in [2.75, 3.05) is 13.2 Å². The lowest BCUT2D eigenvalue weighted by atomic mass is 9.98. The van der Waals surface area contributed by atoms with Gasteiger partial charge in [-0.2, -0.15) is 0 Å². The normalized spacial score (nSPS) is 16.4. The summed E-state index contributed by atoms with van der Waals surface area (Å²) in [4.78, 5) is 4.68. The van der Waals surface area contributed by atoms with E-state index in [0.717, 1.165) is 0 Å². The van der Waals surface area contributed by atoms with Crippen molar-refractivity contribution in [3.8, 4) is 17.0 Å². The number of aliphatic hydroxyl groups is 1. The van der Waals surface area contributed by atoms with Crippen LogP contribution in [0.15, 0.2) is 24.3 Å². The topological polar surface area (TPSA) is 87.1 Å². The van der Waals surface area contributed by atoms with Gasteiger partial charge in [-0.1, -0.05) is 27.7 Å². The van der Waals surface area contributed by atoms with E-state index in [2.05, 4.69) is 4.98 Å². The minimum atomic E-state index is -4.06. The molecule has 0 amide bonds. The standard InChI is InChI=1S/C25H35FNO6P/c1-15(2)12-31-34(29,32-13-16(3)4)24(28)21-20-14-30-25(6,7)33-23(20)17(5)27-22(21)18-8-10-19(26)11-9-18/h8-11,15-16,24,28H,12-14H2,1-7H3. The van der Waals surface area contributed by atoms with Crippen LogP contribution in [0.25, 0.3) is 11.3 Å². The molecule has 2 aromatic rings. The summed E-state index contributed by atoms with van der Waals surface area (Å²) in [6.45, 7) is 13.4. The number of halogens is 1. The van der Waals surface area contributed by atoms with E-state index in [1.54, 1.807) is 32.9 Å². The van der Waals surface area contributed by atoms with Gasteiger partial charge in [-0.3, -0.25) is 4.57 Å². The van der Waals surface area contributed by atoms with Crippen molar-refractivity contribution < 1.29 is 32.6 Å². The number of nitrogens with zero attached hydrogens (tertiary/aromatic N) is 1. The van der Waals surface area contributed by atoms with Crippen molar-refractivity contribution in [3.05, 3.63) is 46.9 Å². The van der Waals surface area contributed by atoms with Crippen LogP contribution in [-0.4, -0.2) is 29.1 Å². The van der Waals surface area contributed by atoms with Crippen molar-refractivity contribution in [2.45, 2.75) is 66.7 Å². The fourth-order valence-electron chi connectivity index (χ4n) is 3.51. The van der Waals surface area contributed by atoms with Crippen LogP contribution in [0.2, 0.25) is 0 Å². The van der Waals surface area contributed by atoms with E-state index < -0.39 is 25.0 Å². The molecule has 7 nitrogen and oxygen atoms in total. The predicted molar refractivity (Wildman–Crippen MR) is 128 cm³/mol. The largest absolute Gasteiger partial charge is 0.461 e. The number of pyridine rings is 1. The molecule has 1 aliphatic heterocycles. The van der Waals surface area contributed by atoms with Crippen LogP contribution in [0.5, 0.6) is 5.75 Å². The van der Waals surface area contributed by atoms with Crippen molar-refractivity contribution >= 4 is 7.60 Å². The third-order valence-electron chi connectivity index (χ3n) is 5.23. The zero-order valence-electron chi connectivity index (χ0n) is 20.9. The first-order chi connectivity index (χ1) is 15.8. The summed E-state index contributed by atoms with van der Waals surface area (Å²) in [5.41, 5.74) is 2.21. The summed E-state index contributed by atoms with van der Waals surface area (Å²) < 4.78 is 51.0. The molecule has 1 atom stereocenters. The predicted octanol–water partition coefficient (Wildman–Crippen LogP) is 6.37. The summed E-state index contributed by atoms with van der Waals surface area (Å²) in [6.07, 6.45) is 0. The molecule has 0 aliphatic carbocycles. The number of benzene rings is 1. The molecule has 0 saturated carbocycles. The van der Waals surface area contributed by atoms with Gasteiger partial charge >= 0.3 is 7.60 Å². The molecule has 0 fully saturated rings. The molecule has 0 saturated heterocycles. The highest BCUT2D eigenvalue weighted by Gasteiger charge is 2.43. The molecule has 2 heterocycles. The Hall–Kier alpha value is -1.83. The Balaban J connectivity index is 2.21. The number of aliphatic hydroxyl groups excluding tert-OH is 1. The number of aromatic nitrogens is 1. The Morgan fingerprint density at radius 1 is 1.12 bits per heavy atom. The molecule has 34 heavy (non-hydrogen) atoms. The number of hydrogen-bond donors (Lipinski definition) is 1. The fraction of sp³-hybridized carbons (Fsp3) is 0.560. The molecule has 1 aliphatic rings. The summed E-state index contributed by atoms with van der Waals surface area (Å²) in [7, 11) is -4.06. The number of hydrogen-bond acceptors (Lipinski definition) is 7. The van der Waals surface area contributed by atoms with Gasteiger partial charge in [0, 0.05) is 30.5 Å². The van der Waals surface area contributed by atoms with Crippen molar-refractivity contribution in [3.63, 3.8) is 0 Å². The van der Waals surface area contributed by atoms with Crippen LogP contribution in [0, 0.1) is 24.6 Å². The minimum Gasteiger partial charge on any atom is -0.461 e. The number of fused-ring (bicyclic) bond motifs is 1. The lowest BCUT2D eigenvalue weighted by molar-refractivity contribution is -0.181. The highest BCUT2D eigenvalue weighted by molar-refractivity contribution is 7.54. The molecule has 1 aromatic carbocycles. The smallest absolute Gasteiger partial charge is 0.363 e. The maximum atomic E-state index is 14.0. The van der Waals surface area contributed by atoms with E-state index >= 15 is 0 Å². The van der Waals surface area contributed by atoms with E-state index in [0.29, 0.717) is 28.3 Å². The van der Waals surface area contributed by atoms with Crippen LogP contribution >= 0.6 is 7.60 Å². The molecule has 1 N–H and O–H groups in total. The second-order valence-electron chi connectivity index (χ2n) is 9.86. The van der Waals surface area contributed by atoms with E-state index in [-0.39, 0.29) is 37.2 Å². The first-order valence-electron chi connectivity index (χ1n) is 11.5. The second kappa shape index (κ2) is 10.4. The second-order valence-corrected chi connectivity index (χ2v) is 11.9. The van der Waals surface area contributed by atoms with Gasteiger partial charge in [0.05, 0.1) is 31.2 Å². The average molecular weight is 496 g/mol. The average Bonchev–Trinajstić information content (AvgIpc) is 2.76. The Morgan fingerprint density at radius 2 is 1.68 bits per heavy atom. The Labute approximate surface area is 201 Å². The third-order valence-corrected chi connectivity index (χ3v) is 7.10. The molecule has 1 aromatic heterocycles. The molecular weight excluding hydrogens is 460 g/mol. The van der Waals surface area contributed by atoms with Gasteiger partial charge in [-0.05, 0) is 43.0 Å². The van der Waals surface area contributed by atoms with E-state index in [4.69, 9.17) is 18.5 Å². The van der Waals surface area contributed by atoms with E-state index in [1.807, 2.05) is 27.7 Å². The van der Waals surface area contributed by atoms with Gasteiger partial charge in [0.1, 0.15) is 11.6 Å². The lowest BCUT2D eigenvalue weighted by Gasteiger charge is -2.36. The Morgan fingerprint density at radius 3 is 2.21 bits per heavy atom. The minimum absolute atomic E-state index is 0.0669. The van der Waals surface area contributed by atoms with Crippen LogP contribution in [0.4, 0.5) is 4.39 Å². The molecule has 188 valence electrons. The zero-order chi connectivity index (χ0) is 25.3. The lowest BCUT2D eigenvalue weighted by Crippen LogP contribution is -2.36. The summed E-state index contributed by atoms with van der Waals surface area (Å²) in [6, 6.07) is 5.73. The number of rotatable bonds is 9. The van der Waals surface area contributed by atoms with Gasteiger partial charge < -0.3 is 23.6 Å². The first-order valence-corrected chi connectivity index (χ1v) is 13.1. The first kappa shape index (κ1) is 26.8. The maximum Gasteiger partial charge on any atom is 0.363 e. The fourth-order valence-corrected chi connectivity index (χ4v) is 5.47. The summed E-state index contributed by atoms with van der Waals surface area (Å²) >= 11 is 0. The Kier molecular flexibility index (Phi) is 8.21. The third kappa shape index (κ3) is 6.04. The number of ether oxygens (including phenoxy) is 2. The van der Waals surface area contributed by atoms with E-state index in [1.165, 1.54) is 12.1 Å². The van der Waals surface area contributed by atoms with Gasteiger partial charge in [-0.15, -0.1) is 0 Å².